The Kier molecular flexibility index (Phi) is 2.96. The Morgan fingerprint density at radius 2 is 1.81 bits per heavy atom. The van der Waals surface area contributed by atoms with Crippen molar-refractivity contribution in [2.24, 2.45) is 0 Å². The molecule has 2 N–H and O–H groups in total. The Balaban J connectivity index is 1.78. The number of aryl methyl sites for hydroxylation is 1. The molecule has 0 atom stereocenters. The van der Waals surface area contributed by atoms with Crippen molar-refractivity contribution in [3.8, 4) is 22.9 Å². The minimum absolute atomic E-state index is 0.502. The average Bonchev–Trinajstić information content (AvgIpc) is 3.11. The van der Waals surface area contributed by atoms with E-state index in [4.69, 9.17) is 10.2 Å². The highest BCUT2D eigenvalue weighted by atomic mass is 32.1. The van der Waals surface area contributed by atoms with Crippen molar-refractivity contribution >= 4 is 16.3 Å². The van der Waals surface area contributed by atoms with Crippen LogP contribution in [0.1, 0.15) is 23.3 Å². The van der Waals surface area contributed by atoms with E-state index in [-0.39, 0.29) is 0 Å². The first-order valence-electron chi connectivity index (χ1n) is 6.97. The zero-order chi connectivity index (χ0) is 14.2. The lowest BCUT2D eigenvalue weighted by atomic mass is 9.95. The molecule has 3 aromatic heterocycles. The summed E-state index contributed by atoms with van der Waals surface area (Å²) in [4.78, 5) is 5.36. The van der Waals surface area contributed by atoms with Gasteiger partial charge in [-0.05, 0) is 43.4 Å². The predicted octanol–water partition coefficient (Wildman–Crippen LogP) is 3.32. The molecule has 0 saturated carbocycles. The topological polar surface area (TPSA) is 77.8 Å². The second kappa shape index (κ2) is 4.96. The Hall–Kier alpha value is -2.21. The molecule has 106 valence electrons. The van der Waals surface area contributed by atoms with Gasteiger partial charge in [0.15, 0.2) is 0 Å². The number of anilines is 1. The molecule has 0 amide bonds. The van der Waals surface area contributed by atoms with Crippen LogP contribution in [0.2, 0.25) is 0 Å². The standard InChI is InChI=1S/C15H14N4OS/c16-13-12(10-3-1-2-4-11(10)21-13)15-19-18-14(20-15)9-5-7-17-8-6-9/h5-8H,1-4,16H2. The number of rotatable bonds is 2. The first-order valence-corrected chi connectivity index (χ1v) is 7.79. The zero-order valence-corrected chi connectivity index (χ0v) is 12.2. The monoisotopic (exact) mass is 298 g/mol. The van der Waals surface area contributed by atoms with E-state index in [0.717, 1.165) is 29.0 Å². The number of nitrogen functional groups attached to an aromatic ring is 1. The fraction of sp³-hybridized carbons (Fsp3) is 0.267. The number of hydrogen-bond acceptors (Lipinski definition) is 6. The summed E-state index contributed by atoms with van der Waals surface area (Å²) in [5.74, 6) is 1.03. The fourth-order valence-electron chi connectivity index (χ4n) is 2.76. The van der Waals surface area contributed by atoms with Crippen molar-refractivity contribution in [2.45, 2.75) is 25.7 Å². The van der Waals surface area contributed by atoms with Gasteiger partial charge in [-0.25, -0.2) is 0 Å². The highest BCUT2D eigenvalue weighted by Gasteiger charge is 2.24. The van der Waals surface area contributed by atoms with Gasteiger partial charge >= 0.3 is 0 Å². The third-order valence-corrected chi connectivity index (χ3v) is 4.89. The Labute approximate surface area is 125 Å². The lowest BCUT2D eigenvalue weighted by Crippen LogP contribution is -1.99. The van der Waals surface area contributed by atoms with Gasteiger partial charge in [0.05, 0.1) is 10.6 Å². The van der Waals surface area contributed by atoms with Crippen molar-refractivity contribution in [3.05, 3.63) is 35.0 Å². The van der Waals surface area contributed by atoms with E-state index >= 15 is 0 Å². The summed E-state index contributed by atoms with van der Waals surface area (Å²) in [6.07, 6.45) is 8.00. The molecule has 5 nitrogen and oxygen atoms in total. The first-order chi connectivity index (χ1) is 10.3. The van der Waals surface area contributed by atoms with Crippen LogP contribution >= 0.6 is 11.3 Å². The molecule has 0 aliphatic heterocycles. The fourth-order valence-corrected chi connectivity index (χ4v) is 3.91. The summed E-state index contributed by atoms with van der Waals surface area (Å²) in [5, 5.41) is 9.11. The number of thiophene rings is 1. The van der Waals surface area contributed by atoms with Crippen molar-refractivity contribution in [1.29, 1.82) is 0 Å². The normalized spacial score (nSPS) is 14.1. The van der Waals surface area contributed by atoms with Gasteiger partial charge in [-0.2, -0.15) is 0 Å². The van der Waals surface area contributed by atoms with Crippen LogP contribution in [0.25, 0.3) is 22.9 Å². The van der Waals surface area contributed by atoms with E-state index in [2.05, 4.69) is 15.2 Å². The van der Waals surface area contributed by atoms with Gasteiger partial charge in [0.2, 0.25) is 5.89 Å². The van der Waals surface area contributed by atoms with E-state index < -0.39 is 0 Å². The van der Waals surface area contributed by atoms with Gasteiger partial charge in [-0.3, -0.25) is 4.98 Å². The largest absolute Gasteiger partial charge is 0.416 e. The summed E-state index contributed by atoms with van der Waals surface area (Å²) >= 11 is 1.66. The van der Waals surface area contributed by atoms with Crippen LogP contribution in [0.3, 0.4) is 0 Å². The molecular formula is C15H14N4OS. The Bertz CT molecular complexity index is 778. The zero-order valence-electron chi connectivity index (χ0n) is 11.4. The van der Waals surface area contributed by atoms with E-state index in [9.17, 15) is 0 Å². The van der Waals surface area contributed by atoms with Crippen LogP contribution in [-0.2, 0) is 12.8 Å². The molecule has 0 bridgehead atoms. The summed E-state index contributed by atoms with van der Waals surface area (Å²) in [5.41, 5.74) is 9.30. The minimum Gasteiger partial charge on any atom is -0.416 e. The molecule has 0 unspecified atom stereocenters. The molecule has 0 saturated heterocycles. The molecule has 0 fully saturated rings. The van der Waals surface area contributed by atoms with Gasteiger partial charge in [0.25, 0.3) is 5.89 Å². The SMILES string of the molecule is Nc1sc2c(c1-c1nnc(-c3ccncc3)o1)CCCC2. The van der Waals surface area contributed by atoms with Crippen molar-refractivity contribution in [2.75, 3.05) is 5.73 Å². The summed E-state index contributed by atoms with van der Waals surface area (Å²) in [6, 6.07) is 3.70. The third kappa shape index (κ3) is 2.12. The quantitative estimate of drug-likeness (QED) is 0.785. The summed E-state index contributed by atoms with van der Waals surface area (Å²) < 4.78 is 5.84. The number of aromatic nitrogens is 3. The van der Waals surface area contributed by atoms with Gasteiger partial charge in [-0.15, -0.1) is 21.5 Å². The molecule has 0 radical (unpaired) electrons. The summed E-state index contributed by atoms with van der Waals surface area (Å²) in [7, 11) is 0. The maximum absolute atomic E-state index is 6.18. The lowest BCUT2D eigenvalue weighted by molar-refractivity contribution is 0.583. The van der Waals surface area contributed by atoms with Crippen molar-refractivity contribution < 1.29 is 4.42 Å². The number of nitrogens with two attached hydrogens (primary N) is 1. The van der Waals surface area contributed by atoms with Gasteiger partial charge in [-0.1, -0.05) is 0 Å². The van der Waals surface area contributed by atoms with E-state index in [0.29, 0.717) is 11.8 Å². The van der Waals surface area contributed by atoms with Crippen LogP contribution < -0.4 is 5.73 Å². The molecule has 21 heavy (non-hydrogen) atoms. The van der Waals surface area contributed by atoms with Crippen molar-refractivity contribution in [1.82, 2.24) is 15.2 Å². The van der Waals surface area contributed by atoms with E-state index in [1.165, 1.54) is 23.3 Å². The molecule has 0 aromatic carbocycles. The Morgan fingerprint density at radius 3 is 2.67 bits per heavy atom. The molecule has 1 aliphatic carbocycles. The number of fused-ring (bicyclic) bond motifs is 1. The number of pyridine rings is 1. The van der Waals surface area contributed by atoms with Crippen LogP contribution in [0.5, 0.6) is 0 Å². The molecular weight excluding hydrogens is 284 g/mol. The Morgan fingerprint density at radius 1 is 1.05 bits per heavy atom. The van der Waals surface area contributed by atoms with E-state index in [1.54, 1.807) is 23.7 Å². The maximum Gasteiger partial charge on any atom is 0.251 e. The highest BCUT2D eigenvalue weighted by Crippen LogP contribution is 2.42. The van der Waals surface area contributed by atoms with Crippen LogP contribution in [0.15, 0.2) is 28.9 Å². The minimum atomic E-state index is 0.502. The average molecular weight is 298 g/mol. The van der Waals surface area contributed by atoms with Gasteiger partial charge in [0.1, 0.15) is 0 Å². The molecule has 3 aromatic rings. The molecule has 0 spiro atoms. The van der Waals surface area contributed by atoms with Gasteiger partial charge in [0, 0.05) is 22.8 Å². The maximum atomic E-state index is 6.18. The highest BCUT2D eigenvalue weighted by molar-refractivity contribution is 7.16. The predicted molar refractivity (Wildman–Crippen MR) is 81.9 cm³/mol. The molecule has 1 aliphatic rings. The molecule has 6 heteroatoms. The van der Waals surface area contributed by atoms with Gasteiger partial charge < -0.3 is 10.2 Å². The van der Waals surface area contributed by atoms with Crippen LogP contribution in [0, 0.1) is 0 Å². The first kappa shape index (κ1) is 12.5. The second-order valence-electron chi connectivity index (χ2n) is 5.10. The van der Waals surface area contributed by atoms with E-state index in [1.807, 2.05) is 12.1 Å². The van der Waals surface area contributed by atoms with Crippen molar-refractivity contribution in [3.63, 3.8) is 0 Å². The number of nitrogens with zero attached hydrogens (tertiary/aromatic N) is 3. The summed E-state index contributed by atoms with van der Waals surface area (Å²) in [6.45, 7) is 0. The molecule has 4 rings (SSSR count). The number of hydrogen-bond donors (Lipinski definition) is 1. The van der Waals surface area contributed by atoms with Crippen LogP contribution in [-0.4, -0.2) is 15.2 Å². The second-order valence-corrected chi connectivity index (χ2v) is 6.24. The smallest absolute Gasteiger partial charge is 0.251 e. The molecule has 3 heterocycles. The van der Waals surface area contributed by atoms with Crippen LogP contribution in [0.4, 0.5) is 5.00 Å². The third-order valence-electron chi connectivity index (χ3n) is 3.76. The lowest BCUT2D eigenvalue weighted by Gasteiger charge is -2.10.